The molecular weight excluding hydrogens is 346 g/mol. The minimum absolute atomic E-state index is 0.0206. The summed E-state index contributed by atoms with van der Waals surface area (Å²) in [5, 5.41) is 7.02. The number of hydrogen-bond acceptors (Lipinski definition) is 6. The minimum atomic E-state index is 0.0206. The predicted octanol–water partition coefficient (Wildman–Crippen LogP) is 4.34. The van der Waals surface area contributed by atoms with Crippen molar-refractivity contribution in [2.45, 2.75) is 31.8 Å². The third kappa shape index (κ3) is 3.57. The first kappa shape index (κ1) is 16.4. The van der Waals surface area contributed by atoms with Gasteiger partial charge in [-0.1, -0.05) is 17.8 Å². The molecule has 0 unspecified atom stereocenters. The van der Waals surface area contributed by atoms with E-state index in [1.54, 1.807) is 29.0 Å². The smallest absolute Gasteiger partial charge is 0.230 e. The Kier molecular flexibility index (Phi) is 4.99. The summed E-state index contributed by atoms with van der Waals surface area (Å²) in [4.78, 5) is 24.3. The van der Waals surface area contributed by atoms with Crippen molar-refractivity contribution in [3.63, 3.8) is 0 Å². The fourth-order valence-corrected chi connectivity index (χ4v) is 4.95. The number of hydrogen-bond donors (Lipinski definition) is 1. The Morgan fingerprint density at radius 1 is 1.39 bits per heavy atom. The SMILES string of the molecule is Cc1sc2ncnc(SCC(=O)N[C@@H](C)c3cccs3)c2c1C. The molecule has 0 saturated heterocycles. The molecule has 120 valence electrons. The van der Waals surface area contributed by atoms with Crippen LogP contribution in [0.1, 0.15) is 28.3 Å². The number of rotatable bonds is 5. The fraction of sp³-hybridized carbons (Fsp3) is 0.312. The lowest BCUT2D eigenvalue weighted by Crippen LogP contribution is -2.27. The molecule has 23 heavy (non-hydrogen) atoms. The molecule has 3 aromatic rings. The molecule has 1 atom stereocenters. The zero-order valence-corrected chi connectivity index (χ0v) is 15.6. The molecule has 0 fully saturated rings. The molecule has 3 aromatic heterocycles. The van der Waals surface area contributed by atoms with Gasteiger partial charge in [-0.15, -0.1) is 22.7 Å². The molecule has 0 spiro atoms. The van der Waals surface area contributed by atoms with Gasteiger partial charge in [0, 0.05) is 15.1 Å². The van der Waals surface area contributed by atoms with Crippen LogP contribution in [0, 0.1) is 13.8 Å². The Hall–Kier alpha value is -1.44. The predicted molar refractivity (Wildman–Crippen MR) is 98.5 cm³/mol. The van der Waals surface area contributed by atoms with Gasteiger partial charge in [0.1, 0.15) is 16.2 Å². The van der Waals surface area contributed by atoms with Crippen LogP contribution >= 0.6 is 34.4 Å². The van der Waals surface area contributed by atoms with E-state index in [-0.39, 0.29) is 11.9 Å². The number of fused-ring (bicyclic) bond motifs is 1. The zero-order chi connectivity index (χ0) is 16.4. The largest absolute Gasteiger partial charge is 0.348 e. The molecule has 0 aliphatic rings. The quantitative estimate of drug-likeness (QED) is 0.541. The van der Waals surface area contributed by atoms with Crippen LogP contribution in [0.15, 0.2) is 28.9 Å². The Morgan fingerprint density at radius 2 is 2.22 bits per heavy atom. The average molecular weight is 364 g/mol. The van der Waals surface area contributed by atoms with E-state index in [4.69, 9.17) is 0 Å². The maximum absolute atomic E-state index is 12.2. The Morgan fingerprint density at radius 3 is 2.96 bits per heavy atom. The van der Waals surface area contributed by atoms with Crippen LogP contribution in [0.5, 0.6) is 0 Å². The number of amides is 1. The molecule has 3 rings (SSSR count). The number of thiophene rings is 2. The van der Waals surface area contributed by atoms with Crippen LogP contribution in [0.4, 0.5) is 0 Å². The summed E-state index contributed by atoms with van der Waals surface area (Å²) in [5.41, 5.74) is 1.21. The number of aromatic nitrogens is 2. The highest BCUT2D eigenvalue weighted by Gasteiger charge is 2.15. The normalized spacial score (nSPS) is 12.5. The third-order valence-electron chi connectivity index (χ3n) is 3.62. The van der Waals surface area contributed by atoms with Gasteiger partial charge in [-0.3, -0.25) is 4.79 Å². The van der Waals surface area contributed by atoms with Gasteiger partial charge in [0.25, 0.3) is 0 Å². The maximum atomic E-state index is 12.2. The Labute approximate surface area is 147 Å². The number of nitrogens with zero attached hydrogens (tertiary/aromatic N) is 2. The Balaban J connectivity index is 1.67. The van der Waals surface area contributed by atoms with Crippen LogP contribution in [0.3, 0.4) is 0 Å². The van der Waals surface area contributed by atoms with Gasteiger partial charge in [-0.05, 0) is 37.8 Å². The van der Waals surface area contributed by atoms with Crippen LogP contribution < -0.4 is 5.32 Å². The van der Waals surface area contributed by atoms with Crippen LogP contribution in [0.2, 0.25) is 0 Å². The van der Waals surface area contributed by atoms with Gasteiger partial charge < -0.3 is 5.32 Å². The summed E-state index contributed by atoms with van der Waals surface area (Å²) in [6, 6.07) is 4.07. The highest BCUT2D eigenvalue weighted by molar-refractivity contribution is 8.00. The summed E-state index contributed by atoms with van der Waals surface area (Å²) in [6.45, 7) is 6.18. The average Bonchev–Trinajstić information content (AvgIpc) is 3.15. The molecular formula is C16H17N3OS3. The van der Waals surface area contributed by atoms with Gasteiger partial charge in [0.2, 0.25) is 5.91 Å². The molecule has 1 amide bonds. The van der Waals surface area contributed by atoms with Crippen molar-refractivity contribution < 1.29 is 4.79 Å². The first-order valence-electron chi connectivity index (χ1n) is 7.22. The summed E-state index contributed by atoms with van der Waals surface area (Å²) in [7, 11) is 0. The highest BCUT2D eigenvalue weighted by Crippen LogP contribution is 2.34. The van der Waals surface area contributed by atoms with E-state index in [1.807, 2.05) is 24.4 Å². The second kappa shape index (κ2) is 6.98. The number of carbonyl (C=O) groups excluding carboxylic acids is 1. The van der Waals surface area contributed by atoms with E-state index in [0.717, 1.165) is 20.1 Å². The molecule has 0 radical (unpaired) electrons. The van der Waals surface area contributed by atoms with E-state index in [9.17, 15) is 4.79 Å². The maximum Gasteiger partial charge on any atom is 0.230 e. The first-order chi connectivity index (χ1) is 11.1. The summed E-state index contributed by atoms with van der Waals surface area (Å²) >= 11 is 4.80. The van der Waals surface area contributed by atoms with Gasteiger partial charge >= 0.3 is 0 Å². The van der Waals surface area contributed by atoms with Gasteiger partial charge in [0.05, 0.1) is 11.8 Å². The Bertz CT molecular complexity index is 827. The van der Waals surface area contributed by atoms with E-state index in [1.165, 1.54) is 22.2 Å². The van der Waals surface area contributed by atoms with Crippen molar-refractivity contribution in [3.05, 3.63) is 39.2 Å². The van der Waals surface area contributed by atoms with Crippen LogP contribution in [0.25, 0.3) is 10.2 Å². The van der Waals surface area contributed by atoms with Crippen molar-refractivity contribution in [1.82, 2.24) is 15.3 Å². The molecule has 1 N–H and O–H groups in total. The highest BCUT2D eigenvalue weighted by atomic mass is 32.2. The molecule has 4 nitrogen and oxygen atoms in total. The second-order valence-electron chi connectivity index (χ2n) is 5.24. The fourth-order valence-electron chi connectivity index (χ4n) is 2.29. The lowest BCUT2D eigenvalue weighted by Gasteiger charge is -2.12. The monoisotopic (exact) mass is 363 g/mol. The van der Waals surface area contributed by atoms with E-state index < -0.39 is 0 Å². The van der Waals surface area contributed by atoms with E-state index in [0.29, 0.717) is 5.75 Å². The third-order valence-corrected chi connectivity index (χ3v) is 6.78. The summed E-state index contributed by atoms with van der Waals surface area (Å²) < 4.78 is 0. The summed E-state index contributed by atoms with van der Waals surface area (Å²) in [5.74, 6) is 0.378. The molecule has 0 aliphatic heterocycles. The second-order valence-corrected chi connectivity index (χ2v) is 8.38. The van der Waals surface area contributed by atoms with E-state index in [2.05, 4.69) is 29.1 Å². The molecule has 0 aliphatic carbocycles. The van der Waals surface area contributed by atoms with E-state index >= 15 is 0 Å². The van der Waals surface area contributed by atoms with Crippen molar-refractivity contribution >= 4 is 50.6 Å². The molecule has 0 saturated carbocycles. The zero-order valence-electron chi connectivity index (χ0n) is 13.1. The van der Waals surface area contributed by atoms with Crippen molar-refractivity contribution in [3.8, 4) is 0 Å². The molecule has 3 heterocycles. The molecule has 0 aromatic carbocycles. The number of aryl methyl sites for hydroxylation is 2. The number of carbonyl (C=O) groups is 1. The first-order valence-corrected chi connectivity index (χ1v) is 9.90. The topological polar surface area (TPSA) is 54.9 Å². The van der Waals surface area contributed by atoms with Gasteiger partial charge in [-0.2, -0.15) is 0 Å². The number of nitrogens with one attached hydrogen (secondary N) is 1. The summed E-state index contributed by atoms with van der Waals surface area (Å²) in [6.07, 6.45) is 1.58. The number of thioether (sulfide) groups is 1. The molecule has 0 bridgehead atoms. The van der Waals surface area contributed by atoms with Crippen molar-refractivity contribution in [2.75, 3.05) is 5.75 Å². The van der Waals surface area contributed by atoms with Gasteiger partial charge in [-0.25, -0.2) is 9.97 Å². The van der Waals surface area contributed by atoms with Crippen molar-refractivity contribution in [2.24, 2.45) is 0 Å². The van der Waals surface area contributed by atoms with Crippen molar-refractivity contribution in [1.29, 1.82) is 0 Å². The minimum Gasteiger partial charge on any atom is -0.348 e. The molecule has 7 heteroatoms. The lowest BCUT2D eigenvalue weighted by atomic mass is 10.2. The standard InChI is InChI=1S/C16H17N3OS3/c1-9-11(3)23-16-14(9)15(17-8-18-16)22-7-13(20)19-10(2)12-5-4-6-21-12/h4-6,8,10H,7H2,1-3H3,(H,19,20)/t10-/m0/s1. The van der Waals surface area contributed by atoms with Crippen LogP contribution in [-0.4, -0.2) is 21.6 Å². The van der Waals surface area contributed by atoms with Gasteiger partial charge in [0.15, 0.2) is 0 Å². The lowest BCUT2D eigenvalue weighted by molar-refractivity contribution is -0.119. The van der Waals surface area contributed by atoms with Crippen LogP contribution in [-0.2, 0) is 4.79 Å².